The van der Waals surface area contributed by atoms with Gasteiger partial charge in [-0.2, -0.15) is 0 Å². The van der Waals surface area contributed by atoms with E-state index in [1.54, 1.807) is 12.1 Å². The number of non-ortho nitro benzene ring substituents is 1. The van der Waals surface area contributed by atoms with Crippen molar-refractivity contribution < 1.29 is 9.72 Å². The lowest BCUT2D eigenvalue weighted by molar-refractivity contribution is -0.384. The number of allylic oxidation sites excluding steroid dienone is 1. The Morgan fingerprint density at radius 2 is 2.00 bits per heavy atom. The van der Waals surface area contributed by atoms with Gasteiger partial charge in [-0.25, -0.2) is 9.97 Å². The standard InChI is InChI=1S/C17H17ClN4O3/c1-11-15(16(18)21-17(19-11)20-12(2)23)6-4-3-5-13-7-9-14(10-8-13)22(24)25/h3,5,7-10H,4,6H2,1-2H3,(H,19,20,21,23)/b5-3-. The highest BCUT2D eigenvalue weighted by atomic mass is 35.5. The Morgan fingerprint density at radius 3 is 2.56 bits per heavy atom. The summed E-state index contributed by atoms with van der Waals surface area (Å²) in [6.45, 7) is 3.19. The Kier molecular flexibility index (Phi) is 6.19. The maximum absolute atomic E-state index is 11.0. The molecule has 0 atom stereocenters. The molecule has 2 aromatic rings. The summed E-state index contributed by atoms with van der Waals surface area (Å²) in [5, 5.41) is 13.4. The zero-order valence-electron chi connectivity index (χ0n) is 13.8. The second-order valence-electron chi connectivity index (χ2n) is 5.37. The molecule has 0 aliphatic carbocycles. The van der Waals surface area contributed by atoms with Crippen LogP contribution < -0.4 is 5.32 Å². The Labute approximate surface area is 149 Å². The molecular weight excluding hydrogens is 344 g/mol. The molecule has 25 heavy (non-hydrogen) atoms. The van der Waals surface area contributed by atoms with Crippen molar-refractivity contribution in [2.45, 2.75) is 26.7 Å². The van der Waals surface area contributed by atoms with Gasteiger partial charge in [0.25, 0.3) is 5.69 Å². The number of benzene rings is 1. The van der Waals surface area contributed by atoms with Crippen LogP contribution in [0, 0.1) is 17.0 Å². The summed E-state index contributed by atoms with van der Waals surface area (Å²) in [7, 11) is 0. The third kappa shape index (κ3) is 5.36. The Balaban J connectivity index is 1.99. The summed E-state index contributed by atoms with van der Waals surface area (Å²) in [6, 6.07) is 6.32. The lowest BCUT2D eigenvalue weighted by atomic mass is 10.1. The van der Waals surface area contributed by atoms with Crippen molar-refractivity contribution in [3.05, 3.63) is 62.4 Å². The Bertz CT molecular complexity index is 796. The van der Waals surface area contributed by atoms with Crippen molar-refractivity contribution in [2.75, 3.05) is 5.32 Å². The van der Waals surface area contributed by atoms with Crippen LogP contribution in [0.2, 0.25) is 5.15 Å². The maximum Gasteiger partial charge on any atom is 0.269 e. The monoisotopic (exact) mass is 360 g/mol. The van der Waals surface area contributed by atoms with E-state index >= 15 is 0 Å². The molecule has 0 unspecified atom stereocenters. The molecule has 1 N–H and O–H groups in total. The molecule has 0 aliphatic rings. The quantitative estimate of drug-likeness (QED) is 0.477. The normalized spacial score (nSPS) is 10.8. The Hall–Kier alpha value is -2.80. The maximum atomic E-state index is 11.0. The third-order valence-corrected chi connectivity index (χ3v) is 3.74. The molecule has 1 amide bonds. The molecule has 0 spiro atoms. The lowest BCUT2D eigenvalue weighted by Gasteiger charge is -2.08. The number of nitrogens with zero attached hydrogens (tertiary/aromatic N) is 3. The average molecular weight is 361 g/mol. The van der Waals surface area contributed by atoms with Gasteiger partial charge in [0.2, 0.25) is 11.9 Å². The minimum atomic E-state index is -0.428. The fourth-order valence-corrected chi connectivity index (χ4v) is 2.52. The summed E-state index contributed by atoms with van der Waals surface area (Å²) < 4.78 is 0. The smallest absolute Gasteiger partial charge is 0.269 e. The first-order valence-corrected chi connectivity index (χ1v) is 7.96. The fourth-order valence-electron chi connectivity index (χ4n) is 2.21. The molecule has 0 saturated carbocycles. The molecule has 7 nitrogen and oxygen atoms in total. The molecule has 130 valence electrons. The van der Waals surface area contributed by atoms with E-state index in [2.05, 4.69) is 15.3 Å². The second kappa shape index (κ2) is 8.34. The number of aromatic nitrogens is 2. The zero-order chi connectivity index (χ0) is 18.4. The zero-order valence-corrected chi connectivity index (χ0v) is 14.6. The van der Waals surface area contributed by atoms with Crippen molar-refractivity contribution in [3.8, 4) is 0 Å². The van der Waals surface area contributed by atoms with E-state index in [1.807, 2.05) is 19.1 Å². The highest BCUT2D eigenvalue weighted by Gasteiger charge is 2.10. The number of aryl methyl sites for hydroxylation is 1. The molecule has 1 aromatic heterocycles. The first-order chi connectivity index (χ1) is 11.9. The molecule has 0 fully saturated rings. The first-order valence-electron chi connectivity index (χ1n) is 7.58. The van der Waals surface area contributed by atoms with E-state index < -0.39 is 4.92 Å². The van der Waals surface area contributed by atoms with Crippen LogP contribution in [0.3, 0.4) is 0 Å². The van der Waals surface area contributed by atoms with Gasteiger partial charge in [-0.05, 0) is 37.5 Å². The average Bonchev–Trinajstić information content (AvgIpc) is 2.53. The van der Waals surface area contributed by atoms with Gasteiger partial charge in [-0.15, -0.1) is 0 Å². The minimum Gasteiger partial charge on any atom is -0.295 e. The van der Waals surface area contributed by atoms with Gasteiger partial charge in [0, 0.05) is 30.3 Å². The van der Waals surface area contributed by atoms with Gasteiger partial charge in [0.1, 0.15) is 5.15 Å². The van der Waals surface area contributed by atoms with Crippen LogP contribution in [0.4, 0.5) is 11.6 Å². The van der Waals surface area contributed by atoms with Gasteiger partial charge in [0.05, 0.1) is 4.92 Å². The number of hydrogen-bond donors (Lipinski definition) is 1. The fraction of sp³-hybridized carbons (Fsp3) is 0.235. The van der Waals surface area contributed by atoms with Crippen molar-refractivity contribution in [3.63, 3.8) is 0 Å². The highest BCUT2D eigenvalue weighted by molar-refractivity contribution is 6.30. The second-order valence-corrected chi connectivity index (χ2v) is 5.73. The van der Waals surface area contributed by atoms with Gasteiger partial charge in [-0.1, -0.05) is 23.8 Å². The van der Waals surface area contributed by atoms with Crippen LogP contribution in [0.5, 0.6) is 0 Å². The van der Waals surface area contributed by atoms with E-state index in [0.29, 0.717) is 23.7 Å². The molecular formula is C17H17ClN4O3. The summed E-state index contributed by atoms with van der Waals surface area (Å²) in [6.07, 6.45) is 5.20. The van der Waals surface area contributed by atoms with E-state index in [4.69, 9.17) is 11.6 Å². The summed E-state index contributed by atoms with van der Waals surface area (Å²) in [4.78, 5) is 29.5. The third-order valence-electron chi connectivity index (χ3n) is 3.43. The molecule has 0 radical (unpaired) electrons. The van der Waals surface area contributed by atoms with Crippen molar-refractivity contribution >= 4 is 35.2 Å². The van der Waals surface area contributed by atoms with Gasteiger partial charge in [-0.3, -0.25) is 20.2 Å². The number of nitro benzene ring substituents is 1. The van der Waals surface area contributed by atoms with Crippen LogP contribution in [-0.2, 0) is 11.2 Å². The van der Waals surface area contributed by atoms with Crippen LogP contribution >= 0.6 is 11.6 Å². The number of hydrogen-bond acceptors (Lipinski definition) is 5. The number of carbonyl (C=O) groups is 1. The van der Waals surface area contributed by atoms with Gasteiger partial charge in [0.15, 0.2) is 0 Å². The first kappa shape index (κ1) is 18.5. The molecule has 8 heteroatoms. The number of nitro groups is 1. The Morgan fingerprint density at radius 1 is 1.32 bits per heavy atom. The number of anilines is 1. The SMILES string of the molecule is CC(=O)Nc1nc(C)c(CC/C=C\c2ccc([N+](=O)[O-])cc2)c(Cl)n1. The number of carbonyl (C=O) groups excluding carboxylic acids is 1. The summed E-state index contributed by atoms with van der Waals surface area (Å²) >= 11 is 6.17. The van der Waals surface area contributed by atoms with Crippen LogP contribution in [0.1, 0.15) is 30.2 Å². The van der Waals surface area contributed by atoms with Crippen molar-refractivity contribution in [2.24, 2.45) is 0 Å². The summed E-state index contributed by atoms with van der Waals surface area (Å²) in [5.74, 6) is -0.0607. The van der Waals surface area contributed by atoms with Crippen molar-refractivity contribution in [1.82, 2.24) is 9.97 Å². The predicted octanol–water partition coefficient (Wildman–Crippen LogP) is 3.95. The summed E-state index contributed by atoms with van der Waals surface area (Å²) in [5.41, 5.74) is 2.48. The number of amides is 1. The van der Waals surface area contributed by atoms with Crippen LogP contribution in [0.25, 0.3) is 6.08 Å². The number of halogens is 1. The molecule has 2 rings (SSSR count). The minimum absolute atomic E-state index is 0.0657. The topological polar surface area (TPSA) is 98.0 Å². The van der Waals surface area contributed by atoms with Crippen molar-refractivity contribution in [1.29, 1.82) is 0 Å². The van der Waals surface area contributed by atoms with E-state index in [0.717, 1.165) is 11.1 Å². The number of nitrogens with one attached hydrogen (secondary N) is 1. The molecule has 1 heterocycles. The van der Waals surface area contributed by atoms with E-state index in [9.17, 15) is 14.9 Å². The highest BCUT2D eigenvalue weighted by Crippen LogP contribution is 2.20. The van der Waals surface area contributed by atoms with Gasteiger partial charge < -0.3 is 0 Å². The predicted molar refractivity (Wildman–Crippen MR) is 96.5 cm³/mol. The number of rotatable bonds is 6. The van der Waals surface area contributed by atoms with Crippen LogP contribution in [-0.4, -0.2) is 20.8 Å². The molecule has 0 saturated heterocycles. The molecule has 0 bridgehead atoms. The molecule has 1 aromatic carbocycles. The van der Waals surface area contributed by atoms with E-state index in [1.165, 1.54) is 19.1 Å². The molecule has 0 aliphatic heterocycles. The van der Waals surface area contributed by atoms with Gasteiger partial charge >= 0.3 is 0 Å². The largest absolute Gasteiger partial charge is 0.295 e. The van der Waals surface area contributed by atoms with E-state index in [-0.39, 0.29) is 17.5 Å². The van der Waals surface area contributed by atoms with Crippen LogP contribution in [0.15, 0.2) is 30.3 Å². The lowest BCUT2D eigenvalue weighted by Crippen LogP contribution is -2.11.